The molecule has 2 aromatic heterocycles. The van der Waals surface area contributed by atoms with Crippen molar-refractivity contribution in [2.24, 2.45) is 4.99 Å². The van der Waals surface area contributed by atoms with Crippen LogP contribution in [0.5, 0.6) is 0 Å². The fourth-order valence-electron chi connectivity index (χ4n) is 4.44. The Morgan fingerprint density at radius 2 is 1.88 bits per heavy atom. The Hall–Kier alpha value is -2.01. The van der Waals surface area contributed by atoms with Crippen molar-refractivity contribution >= 4 is 11.2 Å². The Bertz CT molecular complexity index is 851. The largest absolute Gasteiger partial charge is 0.312 e. The highest BCUT2D eigenvalue weighted by atomic mass is 15.2. The van der Waals surface area contributed by atoms with E-state index in [1.165, 1.54) is 5.69 Å². The first-order valence-corrected chi connectivity index (χ1v) is 9.38. The number of aryl methyl sites for hydroxylation is 2. The van der Waals surface area contributed by atoms with Gasteiger partial charge in [-0.2, -0.15) is 5.10 Å². The second-order valence-corrected chi connectivity index (χ2v) is 7.63. The number of hydrogen-bond donors (Lipinski definition) is 1. The lowest BCUT2D eigenvalue weighted by Crippen LogP contribution is -2.42. The molecule has 0 saturated carbocycles. The molecule has 2 aliphatic heterocycles. The summed E-state index contributed by atoms with van der Waals surface area (Å²) >= 11 is 0. The van der Waals surface area contributed by atoms with Gasteiger partial charge in [-0.1, -0.05) is 6.08 Å². The second kappa shape index (κ2) is 6.37. The van der Waals surface area contributed by atoms with Crippen LogP contribution in [-0.4, -0.2) is 32.4 Å². The predicted octanol–water partition coefficient (Wildman–Crippen LogP) is 3.69. The molecule has 2 atom stereocenters. The molecule has 0 spiro atoms. The van der Waals surface area contributed by atoms with Crippen LogP contribution in [0, 0.1) is 13.8 Å². The first-order chi connectivity index (χ1) is 12.0. The number of allylic oxidation sites excluding steroid dienone is 1. The quantitative estimate of drug-likeness (QED) is 0.909. The van der Waals surface area contributed by atoms with Crippen LogP contribution in [0.2, 0.25) is 0 Å². The van der Waals surface area contributed by atoms with Gasteiger partial charge in [0.1, 0.15) is 5.69 Å². The van der Waals surface area contributed by atoms with E-state index in [-0.39, 0.29) is 0 Å². The van der Waals surface area contributed by atoms with Gasteiger partial charge in [0, 0.05) is 24.2 Å². The third-order valence-electron chi connectivity index (χ3n) is 5.43. The van der Waals surface area contributed by atoms with Crippen molar-refractivity contribution in [2.75, 3.05) is 0 Å². The van der Waals surface area contributed by atoms with Gasteiger partial charge < -0.3 is 5.32 Å². The minimum Gasteiger partial charge on any atom is -0.312 e. The van der Waals surface area contributed by atoms with Gasteiger partial charge in [0.2, 0.25) is 0 Å². The van der Waals surface area contributed by atoms with Crippen LogP contribution in [0.15, 0.2) is 23.3 Å². The summed E-state index contributed by atoms with van der Waals surface area (Å²) in [6, 6.07) is 3.21. The van der Waals surface area contributed by atoms with E-state index in [0.29, 0.717) is 18.0 Å². The number of nitrogens with one attached hydrogen (secondary N) is 1. The molecule has 1 saturated heterocycles. The summed E-state index contributed by atoms with van der Waals surface area (Å²) in [5, 5.41) is 8.61. The smallest absolute Gasteiger partial charge is 0.108 e. The van der Waals surface area contributed by atoms with Crippen molar-refractivity contribution in [3.05, 3.63) is 41.1 Å². The summed E-state index contributed by atoms with van der Waals surface area (Å²) < 4.78 is 2.16. The second-order valence-electron chi connectivity index (χ2n) is 7.63. The highest BCUT2D eigenvalue weighted by molar-refractivity contribution is 6.00. The number of aromatic nitrogens is 3. The Morgan fingerprint density at radius 1 is 1.12 bits per heavy atom. The topological polar surface area (TPSA) is 54.6 Å². The number of rotatable bonds is 2. The van der Waals surface area contributed by atoms with Crippen LogP contribution in [0.3, 0.4) is 0 Å². The molecule has 0 aromatic carbocycles. The van der Waals surface area contributed by atoms with E-state index < -0.39 is 0 Å². The van der Waals surface area contributed by atoms with E-state index in [9.17, 15) is 0 Å². The SMILES string of the molecule is Cc1nc(C)c2cc(C3=NC=CCC3)nn2c1C1C[C@H](C)N[C@@H](C)C1. The van der Waals surface area contributed by atoms with Crippen molar-refractivity contribution in [1.82, 2.24) is 19.9 Å². The standard InChI is InChI=1S/C20H27N5/c1-12-9-16(10-13(2)22-12)20-15(4)23-14(3)19-11-18(24-25(19)20)17-7-5-6-8-21-17/h6,8,11-13,16,22H,5,7,9-10H2,1-4H3/t12-,13-/m0/s1. The molecule has 0 bridgehead atoms. The summed E-state index contributed by atoms with van der Waals surface area (Å²) in [5.74, 6) is 0.489. The summed E-state index contributed by atoms with van der Waals surface area (Å²) in [4.78, 5) is 9.39. The van der Waals surface area contributed by atoms with Crippen LogP contribution < -0.4 is 5.32 Å². The molecule has 2 aromatic rings. The van der Waals surface area contributed by atoms with E-state index in [4.69, 9.17) is 10.1 Å². The van der Waals surface area contributed by atoms with Crippen molar-refractivity contribution in [3.63, 3.8) is 0 Å². The molecular formula is C20H27N5. The Morgan fingerprint density at radius 3 is 2.56 bits per heavy atom. The van der Waals surface area contributed by atoms with Crippen molar-refractivity contribution in [2.45, 2.75) is 71.4 Å². The molecule has 0 aliphatic carbocycles. The van der Waals surface area contributed by atoms with Crippen LogP contribution in [0.25, 0.3) is 5.52 Å². The molecule has 2 aliphatic rings. The van der Waals surface area contributed by atoms with Crippen molar-refractivity contribution in [3.8, 4) is 0 Å². The number of nitrogens with zero attached hydrogens (tertiary/aromatic N) is 4. The van der Waals surface area contributed by atoms with Gasteiger partial charge in [0.25, 0.3) is 0 Å². The molecule has 1 N–H and O–H groups in total. The van der Waals surface area contributed by atoms with Gasteiger partial charge in [0.15, 0.2) is 0 Å². The van der Waals surface area contributed by atoms with E-state index in [1.807, 2.05) is 6.20 Å². The van der Waals surface area contributed by atoms with Gasteiger partial charge >= 0.3 is 0 Å². The number of hydrogen-bond acceptors (Lipinski definition) is 4. The summed E-state index contributed by atoms with van der Waals surface area (Å²) in [6.07, 6.45) is 8.27. The molecule has 0 amide bonds. The Labute approximate surface area is 149 Å². The normalized spacial score (nSPS) is 26.9. The minimum absolute atomic E-state index is 0.489. The highest BCUT2D eigenvalue weighted by Crippen LogP contribution is 2.33. The summed E-state index contributed by atoms with van der Waals surface area (Å²) in [6.45, 7) is 8.75. The van der Waals surface area contributed by atoms with Gasteiger partial charge in [-0.25, -0.2) is 4.52 Å². The predicted molar refractivity (Wildman–Crippen MR) is 101 cm³/mol. The zero-order chi connectivity index (χ0) is 17.6. The average molecular weight is 337 g/mol. The lowest BCUT2D eigenvalue weighted by molar-refractivity contribution is 0.310. The van der Waals surface area contributed by atoms with Gasteiger partial charge in [0.05, 0.1) is 28.3 Å². The van der Waals surface area contributed by atoms with E-state index >= 15 is 0 Å². The molecule has 1 fully saturated rings. The van der Waals surface area contributed by atoms with E-state index in [0.717, 1.165) is 54.0 Å². The van der Waals surface area contributed by atoms with Crippen LogP contribution in [-0.2, 0) is 0 Å². The number of piperidine rings is 1. The third kappa shape index (κ3) is 3.01. The fraction of sp³-hybridized carbons (Fsp3) is 0.550. The lowest BCUT2D eigenvalue weighted by atomic mass is 9.85. The molecule has 25 heavy (non-hydrogen) atoms. The maximum Gasteiger partial charge on any atom is 0.108 e. The zero-order valence-corrected chi connectivity index (χ0v) is 15.6. The zero-order valence-electron chi connectivity index (χ0n) is 15.6. The maximum absolute atomic E-state index is 4.97. The van der Waals surface area contributed by atoms with Crippen molar-refractivity contribution < 1.29 is 0 Å². The minimum atomic E-state index is 0.489. The molecule has 4 rings (SSSR count). The van der Waals surface area contributed by atoms with Gasteiger partial charge in [-0.3, -0.25) is 9.98 Å². The molecule has 0 radical (unpaired) electrons. The molecule has 5 heteroatoms. The van der Waals surface area contributed by atoms with Crippen molar-refractivity contribution in [1.29, 1.82) is 0 Å². The van der Waals surface area contributed by atoms with E-state index in [2.05, 4.69) is 54.7 Å². The number of aliphatic imine (C=N–C) groups is 1. The van der Waals surface area contributed by atoms with Gasteiger partial charge in [-0.05, 0) is 59.4 Å². The Kier molecular flexibility index (Phi) is 4.20. The summed E-state index contributed by atoms with van der Waals surface area (Å²) in [7, 11) is 0. The fourth-order valence-corrected chi connectivity index (χ4v) is 4.44. The van der Waals surface area contributed by atoms with Crippen LogP contribution >= 0.6 is 0 Å². The molecule has 132 valence electrons. The number of fused-ring (bicyclic) bond motifs is 1. The molecule has 5 nitrogen and oxygen atoms in total. The molecular weight excluding hydrogens is 310 g/mol. The monoisotopic (exact) mass is 337 g/mol. The third-order valence-corrected chi connectivity index (χ3v) is 5.43. The first kappa shape index (κ1) is 16.5. The van der Waals surface area contributed by atoms with E-state index in [1.54, 1.807) is 0 Å². The first-order valence-electron chi connectivity index (χ1n) is 9.38. The molecule has 4 heterocycles. The average Bonchev–Trinajstić information content (AvgIpc) is 3.00. The summed E-state index contributed by atoms with van der Waals surface area (Å²) in [5.41, 5.74) is 6.63. The lowest BCUT2D eigenvalue weighted by Gasteiger charge is -2.33. The Balaban J connectivity index is 1.84. The molecule has 0 unspecified atom stereocenters. The highest BCUT2D eigenvalue weighted by Gasteiger charge is 2.29. The van der Waals surface area contributed by atoms with Crippen LogP contribution in [0.4, 0.5) is 0 Å². The van der Waals surface area contributed by atoms with Crippen LogP contribution in [0.1, 0.15) is 68.2 Å². The van der Waals surface area contributed by atoms with Gasteiger partial charge in [-0.15, -0.1) is 0 Å². The maximum atomic E-state index is 4.97.